The predicted molar refractivity (Wildman–Crippen MR) is 56.1 cm³/mol. The molecule has 1 saturated carbocycles. The molecule has 16 heavy (non-hydrogen) atoms. The summed E-state index contributed by atoms with van der Waals surface area (Å²) in [5, 5.41) is 16.5. The van der Waals surface area contributed by atoms with Gasteiger partial charge in [0.25, 0.3) is 0 Å². The molecular weight excluding hydrogens is 228 g/mol. The summed E-state index contributed by atoms with van der Waals surface area (Å²) >= 11 is 1.56. The van der Waals surface area contributed by atoms with Crippen LogP contribution in [0, 0.1) is 5.92 Å². The Labute approximate surface area is 94.7 Å². The van der Waals surface area contributed by atoms with E-state index in [1.165, 1.54) is 0 Å². The molecule has 82 valence electrons. The molecule has 2 aromatic heterocycles. The fourth-order valence-corrected chi connectivity index (χ4v) is 2.27. The van der Waals surface area contributed by atoms with Gasteiger partial charge in [0, 0.05) is 10.9 Å². The van der Waals surface area contributed by atoms with Gasteiger partial charge in [-0.05, 0) is 17.9 Å². The minimum absolute atomic E-state index is 0.0996. The molecular formula is C10H8N2O3S. The van der Waals surface area contributed by atoms with Crippen molar-refractivity contribution in [2.45, 2.75) is 12.3 Å². The Bertz CT molecular complexity index is 520. The van der Waals surface area contributed by atoms with E-state index in [2.05, 4.69) is 10.1 Å². The number of carboxylic acid groups (broad SMARTS) is 1. The number of carbonyl (C=O) groups is 1. The lowest BCUT2D eigenvalue weighted by Gasteiger charge is -1.86. The van der Waals surface area contributed by atoms with Crippen molar-refractivity contribution in [1.29, 1.82) is 0 Å². The summed E-state index contributed by atoms with van der Waals surface area (Å²) in [6, 6.07) is 1.90. The van der Waals surface area contributed by atoms with E-state index in [1.54, 1.807) is 11.3 Å². The Kier molecular flexibility index (Phi) is 2.03. The first-order valence-electron chi connectivity index (χ1n) is 4.84. The Morgan fingerprint density at radius 3 is 3.12 bits per heavy atom. The Morgan fingerprint density at radius 2 is 2.50 bits per heavy atom. The molecule has 0 amide bonds. The average molecular weight is 236 g/mol. The van der Waals surface area contributed by atoms with Crippen LogP contribution >= 0.6 is 11.3 Å². The van der Waals surface area contributed by atoms with Crippen LogP contribution in [-0.2, 0) is 4.79 Å². The van der Waals surface area contributed by atoms with E-state index in [9.17, 15) is 4.79 Å². The molecule has 0 aromatic carbocycles. The molecule has 1 aliphatic carbocycles. The average Bonchev–Trinajstić information content (AvgIpc) is 2.72. The van der Waals surface area contributed by atoms with Crippen LogP contribution in [0.25, 0.3) is 11.4 Å². The molecule has 2 atom stereocenters. The smallest absolute Gasteiger partial charge is 0.307 e. The summed E-state index contributed by atoms with van der Waals surface area (Å²) in [4.78, 5) is 14.9. The number of aliphatic carboxylic acids is 1. The maximum atomic E-state index is 10.7. The van der Waals surface area contributed by atoms with Gasteiger partial charge >= 0.3 is 5.97 Å². The zero-order chi connectivity index (χ0) is 11.1. The molecule has 2 unspecified atom stereocenters. The van der Waals surface area contributed by atoms with Gasteiger partial charge in [0.1, 0.15) is 0 Å². The van der Waals surface area contributed by atoms with Gasteiger partial charge in [0.05, 0.1) is 11.8 Å². The first-order valence-corrected chi connectivity index (χ1v) is 5.79. The molecule has 0 spiro atoms. The fourth-order valence-electron chi connectivity index (χ4n) is 1.64. The fraction of sp³-hybridized carbons (Fsp3) is 0.300. The van der Waals surface area contributed by atoms with Crippen molar-refractivity contribution < 1.29 is 14.4 Å². The highest BCUT2D eigenvalue weighted by Crippen LogP contribution is 2.47. The van der Waals surface area contributed by atoms with Crippen LogP contribution in [0.4, 0.5) is 0 Å². The Hall–Kier alpha value is -1.69. The number of carboxylic acids is 1. The second-order valence-corrected chi connectivity index (χ2v) is 4.54. The number of hydrogen-bond acceptors (Lipinski definition) is 5. The lowest BCUT2D eigenvalue weighted by molar-refractivity contribution is -0.138. The van der Waals surface area contributed by atoms with Crippen LogP contribution in [0.1, 0.15) is 18.2 Å². The van der Waals surface area contributed by atoms with E-state index in [-0.39, 0.29) is 11.8 Å². The van der Waals surface area contributed by atoms with Gasteiger partial charge in [-0.25, -0.2) is 0 Å². The number of rotatable bonds is 3. The van der Waals surface area contributed by atoms with Crippen LogP contribution in [0.3, 0.4) is 0 Å². The first kappa shape index (κ1) is 9.53. The molecule has 0 bridgehead atoms. The quantitative estimate of drug-likeness (QED) is 0.881. The molecule has 2 heterocycles. The van der Waals surface area contributed by atoms with Crippen molar-refractivity contribution in [1.82, 2.24) is 10.1 Å². The zero-order valence-electron chi connectivity index (χ0n) is 8.16. The molecule has 2 aromatic rings. The minimum Gasteiger partial charge on any atom is -0.481 e. The topological polar surface area (TPSA) is 76.2 Å². The number of aromatic nitrogens is 2. The highest BCUT2D eigenvalue weighted by atomic mass is 32.1. The molecule has 1 aliphatic rings. The zero-order valence-corrected chi connectivity index (χ0v) is 8.98. The summed E-state index contributed by atoms with van der Waals surface area (Å²) in [6.45, 7) is 0. The third kappa shape index (κ3) is 1.51. The standard InChI is InChI=1S/C10H8N2O3S/c13-10(14)7-3-6(7)9-11-8(12-15-9)5-1-2-16-4-5/h1-2,4,6-7H,3H2,(H,13,14). The van der Waals surface area contributed by atoms with Crippen molar-refractivity contribution in [3.05, 3.63) is 22.7 Å². The van der Waals surface area contributed by atoms with Crippen molar-refractivity contribution in [3.63, 3.8) is 0 Å². The van der Waals surface area contributed by atoms with Gasteiger partial charge in [-0.15, -0.1) is 0 Å². The largest absolute Gasteiger partial charge is 0.481 e. The number of hydrogen-bond donors (Lipinski definition) is 1. The normalized spacial score (nSPS) is 23.2. The molecule has 1 fully saturated rings. The third-order valence-electron chi connectivity index (χ3n) is 2.65. The maximum absolute atomic E-state index is 10.7. The molecule has 0 radical (unpaired) electrons. The molecule has 0 saturated heterocycles. The summed E-state index contributed by atoms with van der Waals surface area (Å²) in [5.41, 5.74) is 0.910. The molecule has 6 heteroatoms. The van der Waals surface area contributed by atoms with E-state index < -0.39 is 5.97 Å². The van der Waals surface area contributed by atoms with E-state index >= 15 is 0 Å². The van der Waals surface area contributed by atoms with Gasteiger partial charge in [-0.1, -0.05) is 5.16 Å². The second kappa shape index (κ2) is 3.41. The van der Waals surface area contributed by atoms with Crippen molar-refractivity contribution in [2.75, 3.05) is 0 Å². The third-order valence-corrected chi connectivity index (χ3v) is 3.33. The van der Waals surface area contributed by atoms with Crippen molar-refractivity contribution in [2.24, 2.45) is 5.92 Å². The highest BCUT2D eigenvalue weighted by Gasteiger charge is 2.48. The molecule has 0 aliphatic heterocycles. The summed E-state index contributed by atoms with van der Waals surface area (Å²) in [6.07, 6.45) is 0.598. The number of nitrogens with zero attached hydrogens (tertiary/aromatic N) is 2. The van der Waals surface area contributed by atoms with Gasteiger partial charge in [0.2, 0.25) is 11.7 Å². The Balaban J connectivity index is 1.82. The lowest BCUT2D eigenvalue weighted by Crippen LogP contribution is -1.98. The number of thiophene rings is 1. The molecule has 5 nitrogen and oxygen atoms in total. The van der Waals surface area contributed by atoms with Crippen LogP contribution < -0.4 is 0 Å². The molecule has 1 N–H and O–H groups in total. The van der Waals surface area contributed by atoms with Crippen molar-refractivity contribution >= 4 is 17.3 Å². The van der Waals surface area contributed by atoms with E-state index in [4.69, 9.17) is 9.63 Å². The monoisotopic (exact) mass is 236 g/mol. The van der Waals surface area contributed by atoms with Gasteiger partial charge in [0.15, 0.2) is 0 Å². The van der Waals surface area contributed by atoms with E-state index in [0.29, 0.717) is 18.1 Å². The minimum atomic E-state index is -0.791. The van der Waals surface area contributed by atoms with Gasteiger partial charge in [-0.3, -0.25) is 4.79 Å². The van der Waals surface area contributed by atoms with E-state index in [1.807, 2.05) is 16.8 Å². The summed E-state index contributed by atoms with van der Waals surface area (Å²) in [5.74, 6) is -0.269. The predicted octanol–water partition coefficient (Wildman–Crippen LogP) is 1.99. The highest BCUT2D eigenvalue weighted by molar-refractivity contribution is 7.08. The summed E-state index contributed by atoms with van der Waals surface area (Å²) in [7, 11) is 0. The summed E-state index contributed by atoms with van der Waals surface area (Å²) < 4.78 is 5.07. The van der Waals surface area contributed by atoms with Gasteiger partial charge in [-0.2, -0.15) is 16.3 Å². The molecule has 3 rings (SSSR count). The van der Waals surface area contributed by atoms with Crippen molar-refractivity contribution in [3.8, 4) is 11.4 Å². The maximum Gasteiger partial charge on any atom is 0.307 e. The second-order valence-electron chi connectivity index (χ2n) is 3.76. The SMILES string of the molecule is O=C(O)C1CC1c1nc(-c2ccsc2)no1. The first-order chi connectivity index (χ1) is 7.75. The Morgan fingerprint density at radius 1 is 1.62 bits per heavy atom. The van der Waals surface area contributed by atoms with Crippen LogP contribution in [0.5, 0.6) is 0 Å². The lowest BCUT2D eigenvalue weighted by atomic mass is 10.3. The van der Waals surface area contributed by atoms with Gasteiger partial charge < -0.3 is 9.63 Å². The van der Waals surface area contributed by atoms with E-state index in [0.717, 1.165) is 5.56 Å². The van der Waals surface area contributed by atoms with Crippen LogP contribution in [0.15, 0.2) is 21.3 Å². The van der Waals surface area contributed by atoms with Crippen LogP contribution in [0.2, 0.25) is 0 Å². The van der Waals surface area contributed by atoms with Crippen LogP contribution in [-0.4, -0.2) is 21.2 Å².